The molecule has 5 heterocycles. The summed E-state index contributed by atoms with van der Waals surface area (Å²) >= 11 is 1.59. The number of hydrogen-bond donors (Lipinski definition) is 1. The molecule has 0 radical (unpaired) electrons. The van der Waals surface area contributed by atoms with Crippen molar-refractivity contribution in [1.29, 1.82) is 0 Å². The number of nitrogens with zero attached hydrogens (tertiary/aromatic N) is 3. The summed E-state index contributed by atoms with van der Waals surface area (Å²) in [6.45, 7) is 3.05. The van der Waals surface area contributed by atoms with Gasteiger partial charge in [0, 0.05) is 36.8 Å². The monoisotopic (exact) mass is 356 g/mol. The fourth-order valence-corrected chi connectivity index (χ4v) is 4.51. The molecule has 6 rings (SSSR count). The number of nitrogens with one attached hydrogen (secondary N) is 1. The highest BCUT2D eigenvalue weighted by Gasteiger charge is 2.31. The highest BCUT2D eigenvalue weighted by Crippen LogP contribution is 2.37. The van der Waals surface area contributed by atoms with E-state index in [0.717, 1.165) is 47.1 Å². The molecule has 2 aromatic heterocycles. The summed E-state index contributed by atoms with van der Waals surface area (Å²) in [6, 6.07) is 5.15. The van der Waals surface area contributed by atoms with Gasteiger partial charge >= 0.3 is 0 Å². The molecule has 3 aliphatic rings. The van der Waals surface area contributed by atoms with Gasteiger partial charge in [0.1, 0.15) is 16.3 Å². The number of methoxy groups -OCH3 is 1. The Morgan fingerprint density at radius 2 is 2.28 bits per heavy atom. The minimum atomic E-state index is 0.529. The fraction of sp³-hybridized carbons (Fsp3) is 0.444. The molecule has 0 amide bonds. The predicted octanol–water partition coefficient (Wildman–Crippen LogP) is 3.15. The first-order chi connectivity index (χ1) is 12.3. The largest absolute Gasteiger partial charge is 0.497 e. The Bertz CT molecular complexity index is 870. The van der Waals surface area contributed by atoms with Crippen LogP contribution >= 0.6 is 11.3 Å². The maximum Gasteiger partial charge on any atom is 0.298 e. The number of thiazole rings is 1. The van der Waals surface area contributed by atoms with Gasteiger partial charge in [0.2, 0.25) is 0 Å². The van der Waals surface area contributed by atoms with E-state index in [9.17, 15) is 0 Å². The predicted molar refractivity (Wildman–Crippen MR) is 98.4 cm³/mol. The summed E-state index contributed by atoms with van der Waals surface area (Å²) in [7, 11) is 1.67. The van der Waals surface area contributed by atoms with Crippen LogP contribution in [-0.2, 0) is 0 Å². The molecular formula is C18H20N4O2S. The molecule has 0 saturated carbocycles. The van der Waals surface area contributed by atoms with Gasteiger partial charge in [0.15, 0.2) is 5.58 Å². The smallest absolute Gasteiger partial charge is 0.298 e. The van der Waals surface area contributed by atoms with Gasteiger partial charge in [0.25, 0.3) is 6.01 Å². The summed E-state index contributed by atoms with van der Waals surface area (Å²) in [5.74, 6) is 1.44. The second-order valence-electron chi connectivity index (χ2n) is 6.81. The maximum absolute atomic E-state index is 6.24. The first-order valence-electron chi connectivity index (χ1n) is 8.67. The topological polar surface area (TPSA) is 63.4 Å². The SMILES string of the molecule is COc1cc(-c2nccs2)c2oc(N3CC4CCC(C3)NC4)nc2c1. The van der Waals surface area contributed by atoms with Crippen LogP contribution in [0, 0.1) is 5.92 Å². The molecule has 3 fully saturated rings. The van der Waals surface area contributed by atoms with E-state index >= 15 is 0 Å². The van der Waals surface area contributed by atoms with Gasteiger partial charge in [-0.1, -0.05) is 0 Å². The first kappa shape index (κ1) is 15.2. The van der Waals surface area contributed by atoms with Crippen molar-refractivity contribution in [1.82, 2.24) is 15.3 Å². The quantitative estimate of drug-likeness (QED) is 0.778. The van der Waals surface area contributed by atoms with Crippen LogP contribution in [0.5, 0.6) is 5.75 Å². The van der Waals surface area contributed by atoms with Crippen LogP contribution in [0.25, 0.3) is 21.7 Å². The molecule has 0 spiro atoms. The van der Waals surface area contributed by atoms with E-state index in [1.807, 2.05) is 17.5 Å². The van der Waals surface area contributed by atoms with Gasteiger partial charge in [-0.2, -0.15) is 4.98 Å². The maximum atomic E-state index is 6.24. The number of oxazole rings is 1. The Hall–Kier alpha value is -2.12. The second kappa shape index (κ2) is 6.00. The lowest BCUT2D eigenvalue weighted by molar-refractivity contribution is 0.359. The summed E-state index contributed by atoms with van der Waals surface area (Å²) in [6.07, 6.45) is 4.33. The Morgan fingerprint density at radius 3 is 3.04 bits per heavy atom. The highest BCUT2D eigenvalue weighted by molar-refractivity contribution is 7.13. The Labute approximate surface area is 149 Å². The number of aromatic nitrogens is 2. The van der Waals surface area contributed by atoms with Gasteiger partial charge in [-0.3, -0.25) is 0 Å². The first-order valence-corrected chi connectivity index (χ1v) is 9.55. The zero-order valence-corrected chi connectivity index (χ0v) is 14.9. The zero-order valence-electron chi connectivity index (χ0n) is 14.1. The van der Waals surface area contributed by atoms with Gasteiger partial charge in [-0.05, 0) is 31.4 Å². The third-order valence-electron chi connectivity index (χ3n) is 5.16. The van der Waals surface area contributed by atoms with Crippen molar-refractivity contribution < 1.29 is 9.15 Å². The van der Waals surface area contributed by atoms with E-state index in [1.165, 1.54) is 12.8 Å². The average Bonchev–Trinajstić information content (AvgIpc) is 3.23. The number of ether oxygens (including phenoxy) is 1. The molecule has 3 aromatic rings. The van der Waals surface area contributed by atoms with E-state index in [1.54, 1.807) is 24.6 Å². The summed E-state index contributed by atoms with van der Waals surface area (Å²) < 4.78 is 11.7. The molecule has 2 atom stereocenters. The van der Waals surface area contributed by atoms with Crippen LogP contribution in [0.4, 0.5) is 6.01 Å². The Kier molecular flexibility index (Phi) is 3.64. The number of hydrogen-bond acceptors (Lipinski definition) is 7. The molecule has 2 unspecified atom stereocenters. The molecule has 7 heteroatoms. The van der Waals surface area contributed by atoms with Crippen molar-refractivity contribution in [3.05, 3.63) is 23.7 Å². The van der Waals surface area contributed by atoms with Gasteiger partial charge in [0.05, 0.1) is 12.7 Å². The van der Waals surface area contributed by atoms with Gasteiger partial charge in [-0.25, -0.2) is 4.98 Å². The number of anilines is 1. The fourth-order valence-electron chi connectivity index (χ4n) is 3.86. The lowest BCUT2D eigenvalue weighted by atomic mass is 9.97. The van der Waals surface area contributed by atoms with Gasteiger partial charge in [-0.15, -0.1) is 11.3 Å². The van der Waals surface area contributed by atoms with Crippen LogP contribution in [-0.4, -0.2) is 42.8 Å². The van der Waals surface area contributed by atoms with E-state index in [4.69, 9.17) is 14.1 Å². The molecule has 2 bridgehead atoms. The van der Waals surface area contributed by atoms with Gasteiger partial charge < -0.3 is 19.4 Å². The minimum absolute atomic E-state index is 0.529. The van der Waals surface area contributed by atoms with Crippen LogP contribution in [0.2, 0.25) is 0 Å². The third-order valence-corrected chi connectivity index (χ3v) is 5.97. The van der Waals surface area contributed by atoms with Crippen LogP contribution in [0.3, 0.4) is 0 Å². The van der Waals surface area contributed by atoms with Crippen molar-refractivity contribution in [2.24, 2.45) is 5.92 Å². The van der Waals surface area contributed by atoms with Crippen molar-refractivity contribution in [2.45, 2.75) is 18.9 Å². The number of piperidine rings is 1. The molecule has 1 N–H and O–H groups in total. The number of benzene rings is 1. The third kappa shape index (κ3) is 2.67. The summed E-state index contributed by atoms with van der Waals surface area (Å²) in [4.78, 5) is 11.5. The van der Waals surface area contributed by atoms with Crippen molar-refractivity contribution in [2.75, 3.05) is 31.6 Å². The van der Waals surface area contributed by atoms with E-state index in [2.05, 4.69) is 15.2 Å². The van der Waals surface area contributed by atoms with E-state index in [0.29, 0.717) is 18.0 Å². The van der Waals surface area contributed by atoms with Crippen molar-refractivity contribution >= 4 is 28.5 Å². The molecule has 1 aromatic carbocycles. The van der Waals surface area contributed by atoms with Crippen molar-refractivity contribution in [3.8, 4) is 16.3 Å². The molecule has 0 aliphatic carbocycles. The lowest BCUT2D eigenvalue weighted by Crippen LogP contribution is -2.39. The Balaban J connectivity index is 1.60. The lowest BCUT2D eigenvalue weighted by Gasteiger charge is -2.22. The van der Waals surface area contributed by atoms with Crippen LogP contribution < -0.4 is 15.0 Å². The standard InChI is InChI=1S/C18H20N4O2S/c1-23-13-6-14(17-19-4-5-25-17)16-15(7-13)21-18(24-16)22-9-11-2-3-12(10-22)20-8-11/h4-7,11-12,20H,2-3,8-10H2,1H3. The average molecular weight is 356 g/mol. The zero-order chi connectivity index (χ0) is 16.8. The molecule has 130 valence electrons. The Morgan fingerprint density at radius 1 is 1.32 bits per heavy atom. The van der Waals surface area contributed by atoms with E-state index in [-0.39, 0.29) is 0 Å². The highest BCUT2D eigenvalue weighted by atomic mass is 32.1. The molecule has 25 heavy (non-hydrogen) atoms. The number of fused-ring (bicyclic) bond motifs is 5. The normalized spacial score (nSPS) is 23.2. The molecule has 6 nitrogen and oxygen atoms in total. The van der Waals surface area contributed by atoms with Crippen LogP contribution in [0.1, 0.15) is 12.8 Å². The van der Waals surface area contributed by atoms with Crippen LogP contribution in [0.15, 0.2) is 28.1 Å². The summed E-state index contributed by atoms with van der Waals surface area (Å²) in [5, 5.41) is 6.52. The second-order valence-corrected chi connectivity index (χ2v) is 7.71. The van der Waals surface area contributed by atoms with Crippen molar-refractivity contribution in [3.63, 3.8) is 0 Å². The molecular weight excluding hydrogens is 336 g/mol. The molecule has 3 saturated heterocycles. The summed E-state index contributed by atoms with van der Waals surface area (Å²) in [5.41, 5.74) is 2.55. The van der Waals surface area contributed by atoms with E-state index < -0.39 is 0 Å². The molecule has 3 aliphatic heterocycles. The number of rotatable bonds is 3. The minimum Gasteiger partial charge on any atom is -0.497 e.